The molecule has 0 N–H and O–H groups in total. The second-order valence-corrected chi connectivity index (χ2v) is 3.18. The summed E-state index contributed by atoms with van der Waals surface area (Å²) in [6.07, 6.45) is 6.93. The molecule has 1 rings (SSSR count). The van der Waals surface area contributed by atoms with Gasteiger partial charge in [-0.3, -0.25) is 4.98 Å². The van der Waals surface area contributed by atoms with Crippen LogP contribution in [0.15, 0.2) is 24.5 Å². The van der Waals surface area contributed by atoms with Gasteiger partial charge in [0.05, 0.1) is 12.2 Å². The molecule has 15 heavy (non-hydrogen) atoms. The van der Waals surface area contributed by atoms with E-state index in [4.69, 9.17) is 4.74 Å². The van der Waals surface area contributed by atoms with Crippen LogP contribution in [0, 0.1) is 0 Å². The standard InChI is InChI=1S/C11H13NO2S/c1-2-14-11(13)10-6-9(4-3-5-15)7-12-8-10/h3-4,6-8,15H,2,5H2,1H3. The molecule has 80 valence electrons. The first-order valence-corrected chi connectivity index (χ1v) is 5.30. The quantitative estimate of drug-likeness (QED) is 0.628. The summed E-state index contributed by atoms with van der Waals surface area (Å²) in [4.78, 5) is 15.3. The number of carbonyl (C=O) groups is 1. The monoisotopic (exact) mass is 223 g/mol. The summed E-state index contributed by atoms with van der Waals surface area (Å²) in [5, 5.41) is 0. The number of thiol groups is 1. The van der Waals surface area contributed by atoms with Crippen molar-refractivity contribution in [2.24, 2.45) is 0 Å². The summed E-state index contributed by atoms with van der Waals surface area (Å²) in [5.41, 5.74) is 1.34. The van der Waals surface area contributed by atoms with Gasteiger partial charge in [0.25, 0.3) is 0 Å². The zero-order valence-corrected chi connectivity index (χ0v) is 9.41. The van der Waals surface area contributed by atoms with Gasteiger partial charge in [0.2, 0.25) is 0 Å². The SMILES string of the molecule is CCOC(=O)c1cncc(C=CCS)c1. The van der Waals surface area contributed by atoms with E-state index in [2.05, 4.69) is 17.6 Å². The van der Waals surface area contributed by atoms with Gasteiger partial charge in [-0.1, -0.05) is 12.2 Å². The van der Waals surface area contributed by atoms with E-state index < -0.39 is 0 Å². The number of pyridine rings is 1. The van der Waals surface area contributed by atoms with Crippen LogP contribution in [0.1, 0.15) is 22.8 Å². The highest BCUT2D eigenvalue weighted by atomic mass is 32.1. The van der Waals surface area contributed by atoms with Crippen molar-refractivity contribution in [2.75, 3.05) is 12.4 Å². The van der Waals surface area contributed by atoms with Crippen LogP contribution in [0.5, 0.6) is 0 Å². The lowest BCUT2D eigenvalue weighted by Gasteiger charge is -2.01. The van der Waals surface area contributed by atoms with E-state index in [1.165, 1.54) is 6.20 Å². The summed E-state index contributed by atoms with van der Waals surface area (Å²) < 4.78 is 4.87. The van der Waals surface area contributed by atoms with Gasteiger partial charge in [-0.15, -0.1) is 0 Å². The fourth-order valence-corrected chi connectivity index (χ4v) is 1.17. The first-order chi connectivity index (χ1) is 7.27. The van der Waals surface area contributed by atoms with Crippen molar-refractivity contribution in [3.8, 4) is 0 Å². The highest BCUT2D eigenvalue weighted by Gasteiger charge is 2.06. The summed E-state index contributed by atoms with van der Waals surface area (Å²) in [5.74, 6) is 0.315. The molecule has 0 atom stereocenters. The van der Waals surface area contributed by atoms with E-state index in [0.717, 1.165) is 5.56 Å². The van der Waals surface area contributed by atoms with Crippen molar-refractivity contribution < 1.29 is 9.53 Å². The molecule has 0 radical (unpaired) electrons. The maximum Gasteiger partial charge on any atom is 0.339 e. The molecule has 0 saturated carbocycles. The maximum atomic E-state index is 11.4. The van der Waals surface area contributed by atoms with Crippen molar-refractivity contribution in [2.45, 2.75) is 6.92 Å². The number of aromatic nitrogens is 1. The van der Waals surface area contributed by atoms with Gasteiger partial charge in [-0.05, 0) is 18.6 Å². The summed E-state index contributed by atoms with van der Waals surface area (Å²) in [6, 6.07) is 1.74. The van der Waals surface area contributed by atoms with Crippen molar-refractivity contribution in [1.29, 1.82) is 0 Å². The minimum Gasteiger partial charge on any atom is -0.462 e. The molecular formula is C11H13NO2S. The van der Waals surface area contributed by atoms with Crippen LogP contribution in [0.4, 0.5) is 0 Å². The molecule has 0 amide bonds. The van der Waals surface area contributed by atoms with E-state index in [1.54, 1.807) is 19.2 Å². The van der Waals surface area contributed by atoms with Crippen molar-refractivity contribution in [3.63, 3.8) is 0 Å². The number of hydrogen-bond donors (Lipinski definition) is 1. The Labute approximate surface area is 94.6 Å². The maximum absolute atomic E-state index is 11.4. The van der Waals surface area contributed by atoms with Gasteiger partial charge in [0.15, 0.2) is 0 Å². The van der Waals surface area contributed by atoms with Crippen molar-refractivity contribution in [1.82, 2.24) is 4.98 Å². The number of ether oxygens (including phenoxy) is 1. The molecule has 0 saturated heterocycles. The molecule has 0 fully saturated rings. The third kappa shape index (κ3) is 3.75. The van der Waals surface area contributed by atoms with Crippen LogP contribution in [-0.2, 0) is 4.74 Å². The Balaban J connectivity index is 2.82. The van der Waals surface area contributed by atoms with Crippen LogP contribution in [-0.4, -0.2) is 23.3 Å². The Bertz CT molecular complexity index is 363. The van der Waals surface area contributed by atoms with E-state index in [-0.39, 0.29) is 5.97 Å². The van der Waals surface area contributed by atoms with Crippen LogP contribution >= 0.6 is 12.6 Å². The summed E-state index contributed by atoms with van der Waals surface area (Å²) in [7, 11) is 0. The molecule has 1 aromatic heterocycles. The van der Waals surface area contributed by atoms with Crippen LogP contribution in [0.3, 0.4) is 0 Å². The minimum absolute atomic E-state index is 0.342. The molecule has 1 heterocycles. The smallest absolute Gasteiger partial charge is 0.339 e. The van der Waals surface area contributed by atoms with E-state index >= 15 is 0 Å². The number of carbonyl (C=O) groups excluding carboxylic acids is 1. The number of nitrogens with zero attached hydrogens (tertiary/aromatic N) is 1. The van der Waals surface area contributed by atoms with Crippen molar-refractivity contribution in [3.05, 3.63) is 35.7 Å². The molecule has 4 heteroatoms. The Kier molecular flexibility index (Phi) is 4.90. The lowest BCUT2D eigenvalue weighted by molar-refractivity contribution is 0.0526. The molecule has 3 nitrogen and oxygen atoms in total. The molecule has 0 unspecified atom stereocenters. The molecule has 0 aromatic carbocycles. The average Bonchev–Trinajstić information content (AvgIpc) is 2.27. The van der Waals surface area contributed by atoms with Gasteiger partial charge in [0.1, 0.15) is 0 Å². The molecular weight excluding hydrogens is 210 g/mol. The molecule has 0 aliphatic carbocycles. The van der Waals surface area contributed by atoms with Gasteiger partial charge in [-0.25, -0.2) is 4.79 Å². The fraction of sp³-hybridized carbons (Fsp3) is 0.273. The van der Waals surface area contributed by atoms with Gasteiger partial charge in [0, 0.05) is 18.1 Å². The summed E-state index contributed by atoms with van der Waals surface area (Å²) in [6.45, 7) is 2.14. The van der Waals surface area contributed by atoms with E-state index in [9.17, 15) is 4.79 Å². The van der Waals surface area contributed by atoms with Crippen LogP contribution in [0.25, 0.3) is 6.08 Å². The largest absolute Gasteiger partial charge is 0.462 e. The van der Waals surface area contributed by atoms with E-state index in [1.807, 2.05) is 12.2 Å². The predicted octanol–water partition coefficient (Wildman–Crippen LogP) is 2.20. The lowest BCUT2D eigenvalue weighted by Crippen LogP contribution is -2.05. The Hall–Kier alpha value is -1.29. The number of hydrogen-bond acceptors (Lipinski definition) is 4. The Morgan fingerprint density at radius 2 is 2.40 bits per heavy atom. The molecule has 0 aliphatic rings. The normalized spacial score (nSPS) is 10.5. The molecule has 0 bridgehead atoms. The zero-order chi connectivity index (χ0) is 11.1. The second kappa shape index (κ2) is 6.24. The van der Waals surface area contributed by atoms with Crippen LogP contribution in [0.2, 0.25) is 0 Å². The van der Waals surface area contributed by atoms with Crippen LogP contribution < -0.4 is 0 Å². The molecule has 0 spiro atoms. The predicted molar refractivity (Wildman–Crippen MR) is 63.1 cm³/mol. The highest BCUT2D eigenvalue weighted by Crippen LogP contribution is 2.06. The lowest BCUT2D eigenvalue weighted by atomic mass is 10.2. The van der Waals surface area contributed by atoms with Gasteiger partial charge >= 0.3 is 5.97 Å². The van der Waals surface area contributed by atoms with Gasteiger partial charge < -0.3 is 4.74 Å². The summed E-state index contributed by atoms with van der Waals surface area (Å²) >= 11 is 4.05. The Morgan fingerprint density at radius 3 is 3.07 bits per heavy atom. The minimum atomic E-state index is -0.342. The number of esters is 1. The third-order valence-corrected chi connectivity index (χ3v) is 1.90. The Morgan fingerprint density at radius 1 is 1.60 bits per heavy atom. The van der Waals surface area contributed by atoms with E-state index in [0.29, 0.717) is 17.9 Å². The third-order valence-electron chi connectivity index (χ3n) is 1.69. The first-order valence-electron chi connectivity index (χ1n) is 4.67. The highest BCUT2D eigenvalue weighted by molar-refractivity contribution is 7.80. The molecule has 0 aliphatic heterocycles. The van der Waals surface area contributed by atoms with Gasteiger partial charge in [-0.2, -0.15) is 12.6 Å². The molecule has 1 aromatic rings. The fourth-order valence-electron chi connectivity index (χ4n) is 1.06. The zero-order valence-electron chi connectivity index (χ0n) is 8.51. The number of rotatable bonds is 4. The topological polar surface area (TPSA) is 39.2 Å². The second-order valence-electron chi connectivity index (χ2n) is 2.81. The first kappa shape index (κ1) is 11.8. The van der Waals surface area contributed by atoms with Crippen molar-refractivity contribution >= 4 is 24.7 Å². The average molecular weight is 223 g/mol.